The lowest BCUT2D eigenvalue weighted by molar-refractivity contribution is -0.149. The predicted octanol–water partition coefficient (Wildman–Crippen LogP) is 3.59. The molecule has 1 aromatic carbocycles. The van der Waals surface area contributed by atoms with Crippen LogP contribution in [0.3, 0.4) is 0 Å². The molecule has 0 amide bonds. The minimum Gasteiger partial charge on any atom is -0.486 e. The van der Waals surface area contributed by atoms with Gasteiger partial charge in [-0.25, -0.2) is 0 Å². The third-order valence-electron chi connectivity index (χ3n) is 10.3. The third kappa shape index (κ3) is 5.38. The van der Waals surface area contributed by atoms with Gasteiger partial charge in [-0.2, -0.15) is 5.06 Å². The Labute approximate surface area is 231 Å². The van der Waals surface area contributed by atoms with Crippen molar-refractivity contribution in [1.82, 2.24) is 5.06 Å². The van der Waals surface area contributed by atoms with Crippen LogP contribution in [-0.4, -0.2) is 69.9 Å². The molecule has 8 heteroatoms. The lowest BCUT2D eigenvalue weighted by Gasteiger charge is -2.57. The number of benzene rings is 1. The topological polar surface area (TPSA) is 120 Å². The zero-order valence-electron chi connectivity index (χ0n) is 23.5. The molecule has 4 aliphatic rings. The zero-order valence-corrected chi connectivity index (χ0v) is 23.5. The molecule has 1 heterocycles. The number of aliphatic hydroxyl groups excluding tert-OH is 3. The number of carbonyl (C=O) groups excluding carboxylic acids is 1. The highest BCUT2D eigenvalue weighted by atomic mass is 16.6. The highest BCUT2D eigenvalue weighted by Gasteiger charge is 2.64. The number of ketones is 1. The highest BCUT2D eigenvalue weighted by Crippen LogP contribution is 2.66. The van der Waals surface area contributed by atoms with E-state index in [1.54, 1.807) is 6.92 Å². The maximum absolute atomic E-state index is 13.3. The molecule has 3 saturated carbocycles. The Balaban J connectivity index is 1.37. The number of rotatable bonds is 8. The van der Waals surface area contributed by atoms with Crippen LogP contribution in [0.5, 0.6) is 11.5 Å². The van der Waals surface area contributed by atoms with Crippen molar-refractivity contribution < 1.29 is 34.8 Å². The van der Waals surface area contributed by atoms with Crippen LogP contribution in [0.15, 0.2) is 30.4 Å². The normalized spacial score (nSPS) is 38.5. The Morgan fingerprint density at radius 3 is 2.69 bits per heavy atom. The van der Waals surface area contributed by atoms with Crippen LogP contribution in [0.2, 0.25) is 0 Å². The minimum atomic E-state index is -0.573. The van der Waals surface area contributed by atoms with Gasteiger partial charge in [0, 0.05) is 19.0 Å². The van der Waals surface area contributed by atoms with Crippen molar-refractivity contribution in [2.75, 3.05) is 26.4 Å². The van der Waals surface area contributed by atoms with Gasteiger partial charge in [0.1, 0.15) is 19.8 Å². The maximum atomic E-state index is 13.3. The first kappa shape index (κ1) is 28.6. The summed E-state index contributed by atoms with van der Waals surface area (Å²) >= 11 is 0. The van der Waals surface area contributed by atoms with Crippen molar-refractivity contribution in [1.29, 1.82) is 0 Å². The van der Waals surface area contributed by atoms with E-state index in [-0.39, 0.29) is 41.4 Å². The number of hydroxylamine groups is 2. The first-order valence-corrected chi connectivity index (χ1v) is 14.6. The van der Waals surface area contributed by atoms with Gasteiger partial charge in [0.05, 0.1) is 12.2 Å². The second-order valence-corrected chi connectivity index (χ2v) is 13.0. The van der Waals surface area contributed by atoms with Gasteiger partial charge in [-0.1, -0.05) is 38.5 Å². The quantitative estimate of drug-likeness (QED) is 0.290. The van der Waals surface area contributed by atoms with E-state index in [0.717, 1.165) is 31.2 Å². The van der Waals surface area contributed by atoms with Gasteiger partial charge >= 0.3 is 0 Å². The summed E-state index contributed by atoms with van der Waals surface area (Å²) in [7, 11) is 0. The number of aliphatic hydroxyl groups is 3. The number of hydrogen-bond donors (Lipinski definition) is 4. The standard InChI is InChI=1S/C31H45NO7/c1-19(34)8-10-30(2)9-4-5-22-23-14-21(28(25(36)18-33)31(23,3)15-24(35)29(22)30)17-32(37)16-20-6-7-26-27(13-20)39-12-11-38-26/h6-8,10,13,19,21-24,28-29,33-35,37H,4-5,9,11-12,14-18H2,1-3H3/b10-8-/t19?,21-,22?,23-,24-,28+,29?,30+,31?/m0/s1. The molecule has 1 aromatic rings. The molecule has 3 aliphatic carbocycles. The Hall–Kier alpha value is -1.97. The van der Waals surface area contributed by atoms with E-state index in [1.165, 1.54) is 5.06 Å². The Kier molecular flexibility index (Phi) is 8.15. The molecule has 39 heavy (non-hydrogen) atoms. The number of Topliss-reactive ketones (excluding diaryl/α,β-unsaturated/α-hetero) is 1. The van der Waals surface area contributed by atoms with Gasteiger partial charge in [-0.15, -0.1) is 0 Å². The summed E-state index contributed by atoms with van der Waals surface area (Å²) in [6.45, 7) is 7.13. The van der Waals surface area contributed by atoms with Crippen molar-refractivity contribution in [3.63, 3.8) is 0 Å². The second-order valence-electron chi connectivity index (χ2n) is 13.0. The lowest BCUT2D eigenvalue weighted by atomic mass is 9.48. The van der Waals surface area contributed by atoms with E-state index in [1.807, 2.05) is 24.3 Å². The fourth-order valence-corrected chi connectivity index (χ4v) is 8.95. The number of carbonyl (C=O) groups is 1. The average molecular weight is 544 g/mol. The molecule has 0 saturated heterocycles. The van der Waals surface area contributed by atoms with E-state index in [2.05, 4.69) is 19.9 Å². The van der Waals surface area contributed by atoms with E-state index in [0.29, 0.717) is 37.7 Å². The highest BCUT2D eigenvalue weighted by molar-refractivity contribution is 5.83. The van der Waals surface area contributed by atoms with E-state index < -0.39 is 30.1 Å². The smallest absolute Gasteiger partial charge is 0.162 e. The van der Waals surface area contributed by atoms with E-state index in [9.17, 15) is 25.3 Å². The summed E-state index contributed by atoms with van der Waals surface area (Å²) in [5.41, 5.74) is 0.211. The van der Waals surface area contributed by atoms with Crippen LogP contribution < -0.4 is 9.47 Å². The molecular formula is C31H45NO7. The molecule has 9 atom stereocenters. The Morgan fingerprint density at radius 2 is 1.97 bits per heavy atom. The monoisotopic (exact) mass is 543 g/mol. The molecule has 0 aromatic heterocycles. The SMILES string of the molecule is CC(O)/C=C\[C@@]1(C)CCCC2C1[C@@H](O)CC1(C)[C@H]2C[C@@H](CN(O)Cc2ccc3c(c2)OCCO3)[C@@H]1C(=O)CO. The molecule has 3 fully saturated rings. The molecule has 0 bridgehead atoms. The fraction of sp³-hybridized carbons (Fsp3) is 0.710. The number of nitrogens with zero attached hydrogens (tertiary/aromatic N) is 1. The van der Waals surface area contributed by atoms with Gasteiger partial charge in [-0.05, 0) is 84.8 Å². The van der Waals surface area contributed by atoms with Gasteiger partial charge in [0.2, 0.25) is 0 Å². The summed E-state index contributed by atoms with van der Waals surface area (Å²) in [5, 5.41) is 43.8. The second kappa shape index (κ2) is 11.1. The van der Waals surface area contributed by atoms with Crippen molar-refractivity contribution >= 4 is 5.78 Å². The summed E-state index contributed by atoms with van der Waals surface area (Å²) in [6.07, 6.45) is 7.07. The van der Waals surface area contributed by atoms with Crippen LogP contribution in [-0.2, 0) is 11.3 Å². The molecule has 8 nitrogen and oxygen atoms in total. The number of hydrogen-bond acceptors (Lipinski definition) is 8. The fourth-order valence-electron chi connectivity index (χ4n) is 8.95. The molecule has 4 unspecified atom stereocenters. The van der Waals surface area contributed by atoms with Crippen molar-refractivity contribution in [2.45, 2.75) is 71.6 Å². The van der Waals surface area contributed by atoms with E-state index >= 15 is 0 Å². The van der Waals surface area contributed by atoms with Gasteiger partial charge in [0.15, 0.2) is 17.3 Å². The minimum absolute atomic E-state index is 0.0471. The van der Waals surface area contributed by atoms with Crippen LogP contribution in [0.4, 0.5) is 0 Å². The molecular weight excluding hydrogens is 498 g/mol. The van der Waals surface area contributed by atoms with Gasteiger partial charge in [0.25, 0.3) is 0 Å². The van der Waals surface area contributed by atoms with Crippen LogP contribution in [0, 0.1) is 40.4 Å². The largest absolute Gasteiger partial charge is 0.486 e. The van der Waals surface area contributed by atoms with Crippen LogP contribution >= 0.6 is 0 Å². The maximum Gasteiger partial charge on any atom is 0.162 e. The van der Waals surface area contributed by atoms with Crippen molar-refractivity contribution in [3.05, 3.63) is 35.9 Å². The molecule has 216 valence electrons. The van der Waals surface area contributed by atoms with Crippen LogP contribution in [0.1, 0.15) is 58.4 Å². The van der Waals surface area contributed by atoms with Crippen molar-refractivity contribution in [3.8, 4) is 11.5 Å². The van der Waals surface area contributed by atoms with Crippen molar-refractivity contribution in [2.24, 2.45) is 40.4 Å². The number of allylic oxidation sites excluding steroid dienone is 1. The zero-order chi connectivity index (χ0) is 27.9. The summed E-state index contributed by atoms with van der Waals surface area (Å²) in [6, 6.07) is 5.65. The Bertz CT molecular complexity index is 1080. The molecule has 4 N–H and O–H groups in total. The Morgan fingerprint density at radius 1 is 1.23 bits per heavy atom. The molecule has 1 aliphatic heterocycles. The first-order chi connectivity index (χ1) is 18.6. The first-order valence-electron chi connectivity index (χ1n) is 14.6. The lowest BCUT2D eigenvalue weighted by Crippen LogP contribution is -2.55. The summed E-state index contributed by atoms with van der Waals surface area (Å²) < 4.78 is 11.3. The number of ether oxygens (including phenoxy) is 2. The average Bonchev–Trinajstić information content (AvgIpc) is 3.18. The summed E-state index contributed by atoms with van der Waals surface area (Å²) in [4.78, 5) is 13.3. The summed E-state index contributed by atoms with van der Waals surface area (Å²) in [5.74, 6) is 1.10. The van der Waals surface area contributed by atoms with E-state index in [4.69, 9.17) is 9.47 Å². The molecule has 0 spiro atoms. The number of fused-ring (bicyclic) bond motifs is 4. The van der Waals surface area contributed by atoms with Gasteiger partial charge < -0.3 is 30.0 Å². The third-order valence-corrected chi connectivity index (χ3v) is 10.3. The molecule has 0 radical (unpaired) electrons. The predicted molar refractivity (Wildman–Crippen MR) is 145 cm³/mol. The molecule has 5 rings (SSSR count). The van der Waals surface area contributed by atoms with Gasteiger partial charge in [-0.3, -0.25) is 4.79 Å². The van der Waals surface area contributed by atoms with Crippen LogP contribution in [0.25, 0.3) is 0 Å².